The Labute approximate surface area is 168 Å². The lowest BCUT2D eigenvalue weighted by Crippen LogP contribution is -2.58. The number of carboxylic acid groups (broad SMARTS) is 1. The van der Waals surface area contributed by atoms with Gasteiger partial charge in [-0.1, -0.05) is 36.4 Å². The summed E-state index contributed by atoms with van der Waals surface area (Å²) < 4.78 is 23.4. The number of thioether (sulfide) groups is 2. The molecule has 0 amide bonds. The molecular formula is C19H25NO3S3. The Morgan fingerprint density at radius 1 is 1.42 bits per heavy atom. The number of rotatable bonds is 5. The van der Waals surface area contributed by atoms with Crippen molar-refractivity contribution in [1.29, 1.82) is 0 Å². The van der Waals surface area contributed by atoms with Gasteiger partial charge in [-0.05, 0) is 38.3 Å². The molecule has 1 saturated heterocycles. The molecule has 142 valence electrons. The number of carbonyl (C=O) groups is 1. The highest BCUT2D eigenvalue weighted by Crippen LogP contribution is 2.50. The number of nitrogens with one attached hydrogen (secondary N) is 1. The molecule has 1 heterocycles. The van der Waals surface area contributed by atoms with Gasteiger partial charge in [-0.2, -0.15) is 0 Å². The van der Waals surface area contributed by atoms with Gasteiger partial charge in [0.2, 0.25) is 0 Å². The van der Waals surface area contributed by atoms with Gasteiger partial charge in [0.1, 0.15) is 4.75 Å². The van der Waals surface area contributed by atoms with E-state index >= 15 is 0 Å². The zero-order valence-corrected chi connectivity index (χ0v) is 17.6. The maximum absolute atomic E-state index is 12.9. The van der Waals surface area contributed by atoms with E-state index in [0.717, 1.165) is 11.1 Å². The van der Waals surface area contributed by atoms with Crippen molar-refractivity contribution < 1.29 is 15.8 Å². The second kappa shape index (κ2) is 7.80. The third-order valence-corrected chi connectivity index (χ3v) is 9.50. The molecule has 0 bridgehead atoms. The molecule has 26 heavy (non-hydrogen) atoms. The average Bonchev–Trinajstić information content (AvgIpc) is 3.09. The topological polar surface area (TPSA) is 72.4 Å². The zero-order chi connectivity index (χ0) is 19.9. The van der Waals surface area contributed by atoms with E-state index in [1.807, 2.05) is 51.1 Å². The normalized spacial score (nSPS) is 27.5. The van der Waals surface area contributed by atoms with Gasteiger partial charge < -0.3 is 9.66 Å². The van der Waals surface area contributed by atoms with Crippen molar-refractivity contribution in [3.8, 4) is 0 Å². The third kappa shape index (κ3) is 3.97. The van der Waals surface area contributed by atoms with Crippen LogP contribution in [0.2, 0.25) is 0 Å². The highest BCUT2D eigenvalue weighted by Gasteiger charge is 2.55. The Kier molecular flexibility index (Phi) is 5.62. The van der Waals surface area contributed by atoms with E-state index in [0.29, 0.717) is 17.9 Å². The first-order chi connectivity index (χ1) is 12.6. The van der Waals surface area contributed by atoms with Gasteiger partial charge in [0.15, 0.2) is 4.08 Å². The smallest absolute Gasteiger partial charge is 0.331 e. The maximum atomic E-state index is 12.9. The molecule has 0 aromatic heterocycles. The molecule has 4 nitrogen and oxygen atoms in total. The van der Waals surface area contributed by atoms with E-state index in [1.54, 1.807) is 6.08 Å². The molecule has 2 N–H and O–H groups in total. The highest BCUT2D eigenvalue weighted by atomic mass is 32.2. The first-order valence-electron chi connectivity index (χ1n) is 9.05. The Hall–Kier alpha value is -0.600. The third-order valence-electron chi connectivity index (χ3n) is 4.47. The van der Waals surface area contributed by atoms with Gasteiger partial charge >= 0.3 is 5.97 Å². The standard InChI is InChI=1S/C19H25NO3S3/c1-18(2,3)26(23)20-16(19(17(21)22)24-10-11-25-19)15-9-8-13-6-4-5-7-14(13)12-15/h4-9,15-16,20H,10-12H2,1-3H3,(H,21,22)/t15?,16-,26?/m0/s1/i15D. The van der Waals surface area contributed by atoms with Crippen LogP contribution in [0.1, 0.15) is 33.3 Å². The Morgan fingerprint density at radius 3 is 2.69 bits per heavy atom. The van der Waals surface area contributed by atoms with Crippen LogP contribution < -0.4 is 4.72 Å². The van der Waals surface area contributed by atoms with Crippen LogP contribution in [-0.2, 0) is 22.6 Å². The molecular weight excluding hydrogens is 386 g/mol. The van der Waals surface area contributed by atoms with E-state index in [9.17, 15) is 15.8 Å². The summed E-state index contributed by atoms with van der Waals surface area (Å²) in [6.07, 6.45) is 4.05. The molecule has 1 aliphatic heterocycles. The van der Waals surface area contributed by atoms with E-state index in [2.05, 4.69) is 4.72 Å². The molecule has 3 atom stereocenters. The molecule has 2 unspecified atom stereocenters. The van der Waals surface area contributed by atoms with E-state index in [4.69, 9.17) is 0 Å². The van der Waals surface area contributed by atoms with Crippen LogP contribution in [-0.4, -0.2) is 42.0 Å². The van der Waals surface area contributed by atoms with Gasteiger partial charge in [-0.25, -0.2) is 4.79 Å². The average molecular weight is 413 g/mol. The summed E-state index contributed by atoms with van der Waals surface area (Å²) >= 11 is 1.20. The van der Waals surface area contributed by atoms with Crippen LogP contribution in [0, 0.1) is 5.89 Å². The van der Waals surface area contributed by atoms with Gasteiger partial charge in [-0.15, -0.1) is 28.2 Å². The number of carboxylic acids is 1. The summed E-state index contributed by atoms with van der Waals surface area (Å²) in [5, 5.41) is 10.1. The summed E-state index contributed by atoms with van der Waals surface area (Å²) in [4.78, 5) is 12.3. The Balaban J connectivity index is 2.03. The van der Waals surface area contributed by atoms with Crippen LogP contribution >= 0.6 is 23.5 Å². The zero-order valence-electron chi connectivity index (χ0n) is 16.2. The largest absolute Gasteiger partial charge is 0.598 e. The highest BCUT2D eigenvalue weighted by molar-refractivity contribution is 8.22. The molecule has 0 radical (unpaired) electrons. The molecule has 0 spiro atoms. The molecule has 1 fully saturated rings. The van der Waals surface area contributed by atoms with E-state index < -0.39 is 38.1 Å². The molecule has 1 aliphatic carbocycles. The Morgan fingerprint density at radius 2 is 2.08 bits per heavy atom. The van der Waals surface area contributed by atoms with Crippen molar-refractivity contribution >= 4 is 46.9 Å². The minimum Gasteiger partial charge on any atom is -0.598 e. The number of benzene rings is 1. The van der Waals surface area contributed by atoms with Crippen molar-refractivity contribution in [2.24, 2.45) is 5.89 Å². The summed E-state index contributed by atoms with van der Waals surface area (Å²) in [7, 11) is 0. The number of hydrogen-bond acceptors (Lipinski definition) is 5. The summed E-state index contributed by atoms with van der Waals surface area (Å²) in [6.45, 7) is 5.54. The molecule has 7 heteroatoms. The fourth-order valence-electron chi connectivity index (χ4n) is 3.05. The predicted octanol–water partition coefficient (Wildman–Crippen LogP) is 3.55. The molecule has 1 aromatic carbocycles. The maximum Gasteiger partial charge on any atom is 0.331 e. The lowest BCUT2D eigenvalue weighted by molar-refractivity contribution is -0.138. The summed E-state index contributed by atoms with van der Waals surface area (Å²) in [5.41, 5.74) is 2.06. The SMILES string of the molecule is [2H]C1([C@H](N[S+]([O-])C(C)(C)C)C2(C(=O)O)SCCS2)C=Cc2ccccc2C1. The van der Waals surface area contributed by atoms with Crippen LogP contribution in [0.25, 0.3) is 6.08 Å². The number of fused-ring (bicyclic) bond motifs is 1. The van der Waals surface area contributed by atoms with Crippen molar-refractivity contribution in [1.82, 2.24) is 4.72 Å². The fourth-order valence-corrected chi connectivity index (χ4v) is 7.21. The minimum absolute atomic E-state index is 0.384. The Bertz CT molecular complexity index is 746. The monoisotopic (exact) mass is 412 g/mol. The van der Waals surface area contributed by atoms with Crippen molar-refractivity contribution in [3.63, 3.8) is 0 Å². The quantitative estimate of drug-likeness (QED) is 0.721. The van der Waals surface area contributed by atoms with Gasteiger partial charge in [-0.3, -0.25) is 0 Å². The second-order valence-corrected chi connectivity index (χ2v) is 12.3. The molecule has 1 aromatic rings. The van der Waals surface area contributed by atoms with Gasteiger partial charge in [0, 0.05) is 30.1 Å². The molecule has 2 aliphatic rings. The van der Waals surface area contributed by atoms with Crippen molar-refractivity contribution in [2.45, 2.75) is 42.1 Å². The fraction of sp³-hybridized carbons (Fsp3) is 0.526. The lowest BCUT2D eigenvalue weighted by atomic mass is 9.84. The number of aliphatic carboxylic acids is 1. The first-order valence-corrected chi connectivity index (χ1v) is 11.7. The summed E-state index contributed by atoms with van der Waals surface area (Å²) in [5.74, 6) is -0.767. The van der Waals surface area contributed by atoms with Crippen molar-refractivity contribution in [3.05, 3.63) is 41.5 Å². The minimum atomic E-state index is -1.49. The van der Waals surface area contributed by atoms with Crippen LogP contribution in [0.3, 0.4) is 0 Å². The molecule has 3 rings (SSSR count). The number of hydrogen-bond donors (Lipinski definition) is 2. The van der Waals surface area contributed by atoms with Crippen molar-refractivity contribution in [2.75, 3.05) is 11.5 Å². The van der Waals surface area contributed by atoms with Crippen LogP contribution in [0.15, 0.2) is 30.3 Å². The first kappa shape index (κ1) is 18.7. The van der Waals surface area contributed by atoms with Crippen LogP contribution in [0.4, 0.5) is 0 Å². The van der Waals surface area contributed by atoms with Crippen LogP contribution in [0.5, 0.6) is 0 Å². The summed E-state index contributed by atoms with van der Waals surface area (Å²) in [6, 6.07) is 7.05. The lowest BCUT2D eigenvalue weighted by Gasteiger charge is -2.39. The predicted molar refractivity (Wildman–Crippen MR) is 113 cm³/mol. The molecule has 0 saturated carbocycles. The van der Waals surface area contributed by atoms with E-state index in [-0.39, 0.29) is 0 Å². The van der Waals surface area contributed by atoms with Gasteiger partial charge in [0.05, 0.1) is 6.04 Å². The van der Waals surface area contributed by atoms with E-state index in [1.165, 1.54) is 23.5 Å². The van der Waals surface area contributed by atoms with Gasteiger partial charge in [0.25, 0.3) is 0 Å². The second-order valence-electron chi connectivity index (χ2n) is 7.39.